The smallest absolute Gasteiger partial charge is 0.333 e. The lowest BCUT2D eigenvalue weighted by Gasteiger charge is -2.47. The van der Waals surface area contributed by atoms with Crippen LogP contribution in [0.3, 0.4) is 0 Å². The number of carbonyl (C=O) groups is 2. The van der Waals surface area contributed by atoms with Crippen molar-refractivity contribution in [2.45, 2.75) is 45.8 Å². The Bertz CT molecular complexity index is 676. The van der Waals surface area contributed by atoms with Crippen LogP contribution in [0, 0.1) is 11.8 Å². The lowest BCUT2D eigenvalue weighted by molar-refractivity contribution is -0.160. The van der Waals surface area contributed by atoms with Crippen molar-refractivity contribution < 1.29 is 24.5 Å². The van der Waals surface area contributed by atoms with Crippen molar-refractivity contribution in [2.75, 3.05) is 26.2 Å². The molecule has 1 heterocycles. The minimum absolute atomic E-state index is 0.0857. The fraction of sp³-hybridized carbons (Fsp3) is 0.619. The van der Waals surface area contributed by atoms with E-state index in [1.807, 2.05) is 52.0 Å². The minimum Gasteiger partial charge on any atom is -0.494 e. The standard InChI is InChI=1S/C21H32N2O5/c1-5-28-16-8-6-15(7-9-16)21(4)13-22-10-11-23(21)19(25)17(12-14(2)3)18(24)20(26)27/h6-9,14,17-18,22,24H,5,10-13H2,1-4H3,(H,26,27)/t17-,18-,21-/m0/s1. The van der Waals surface area contributed by atoms with Gasteiger partial charge in [-0.3, -0.25) is 4.79 Å². The first kappa shape index (κ1) is 22.2. The van der Waals surface area contributed by atoms with Gasteiger partial charge in [0, 0.05) is 19.6 Å². The van der Waals surface area contributed by atoms with Crippen LogP contribution in [-0.4, -0.2) is 59.3 Å². The van der Waals surface area contributed by atoms with Crippen LogP contribution in [0.15, 0.2) is 24.3 Å². The zero-order chi connectivity index (χ0) is 20.9. The van der Waals surface area contributed by atoms with Crippen LogP contribution in [0.1, 0.15) is 39.7 Å². The number of carbonyl (C=O) groups excluding carboxylic acids is 1. The summed E-state index contributed by atoms with van der Waals surface area (Å²) in [5.41, 5.74) is 0.290. The maximum atomic E-state index is 13.4. The molecular weight excluding hydrogens is 360 g/mol. The number of ether oxygens (including phenoxy) is 1. The van der Waals surface area contributed by atoms with E-state index in [2.05, 4.69) is 5.32 Å². The third kappa shape index (κ3) is 4.83. The highest BCUT2D eigenvalue weighted by Crippen LogP contribution is 2.33. The summed E-state index contributed by atoms with van der Waals surface area (Å²) in [4.78, 5) is 26.5. The van der Waals surface area contributed by atoms with Gasteiger partial charge in [0.2, 0.25) is 5.91 Å². The van der Waals surface area contributed by atoms with E-state index in [0.29, 0.717) is 32.7 Å². The molecule has 3 N–H and O–H groups in total. The summed E-state index contributed by atoms with van der Waals surface area (Å²) in [6.07, 6.45) is -1.40. The molecule has 3 atom stereocenters. The van der Waals surface area contributed by atoms with Crippen LogP contribution >= 0.6 is 0 Å². The number of nitrogens with zero attached hydrogens (tertiary/aromatic N) is 1. The number of rotatable bonds is 8. The molecule has 0 aliphatic carbocycles. The molecule has 0 unspecified atom stereocenters. The van der Waals surface area contributed by atoms with Gasteiger partial charge < -0.3 is 25.2 Å². The average molecular weight is 392 g/mol. The average Bonchev–Trinajstić information content (AvgIpc) is 2.66. The molecule has 0 aromatic heterocycles. The van der Waals surface area contributed by atoms with Gasteiger partial charge in [-0.25, -0.2) is 4.79 Å². The zero-order valence-corrected chi connectivity index (χ0v) is 17.1. The number of hydrogen-bond acceptors (Lipinski definition) is 5. The summed E-state index contributed by atoms with van der Waals surface area (Å²) in [5, 5.41) is 22.8. The predicted octanol–water partition coefficient (Wildman–Crippen LogP) is 1.84. The van der Waals surface area contributed by atoms with Gasteiger partial charge >= 0.3 is 5.97 Å². The van der Waals surface area contributed by atoms with Gasteiger partial charge in [-0.1, -0.05) is 26.0 Å². The third-order valence-electron chi connectivity index (χ3n) is 5.31. The maximum absolute atomic E-state index is 13.4. The summed E-state index contributed by atoms with van der Waals surface area (Å²) < 4.78 is 5.50. The van der Waals surface area contributed by atoms with Crippen LogP contribution in [-0.2, 0) is 15.1 Å². The van der Waals surface area contributed by atoms with Crippen LogP contribution in [0.25, 0.3) is 0 Å². The number of benzene rings is 1. The molecule has 1 aromatic carbocycles. The second-order valence-electron chi connectivity index (χ2n) is 7.92. The molecule has 0 bridgehead atoms. The molecule has 1 aromatic rings. The molecule has 1 amide bonds. The first-order chi connectivity index (χ1) is 13.2. The lowest BCUT2D eigenvalue weighted by atomic mass is 9.84. The zero-order valence-electron chi connectivity index (χ0n) is 17.1. The fourth-order valence-electron chi connectivity index (χ4n) is 3.80. The van der Waals surface area contributed by atoms with E-state index in [0.717, 1.165) is 11.3 Å². The SMILES string of the molecule is CCOc1ccc([C@]2(C)CNCCN2C(=O)[C@@H](CC(C)C)[C@H](O)C(=O)O)cc1. The summed E-state index contributed by atoms with van der Waals surface area (Å²) in [6.45, 7) is 9.91. The third-order valence-corrected chi connectivity index (χ3v) is 5.31. The van der Waals surface area contributed by atoms with Crippen molar-refractivity contribution in [1.29, 1.82) is 0 Å². The number of nitrogens with one attached hydrogen (secondary N) is 1. The number of hydrogen-bond donors (Lipinski definition) is 3. The van der Waals surface area contributed by atoms with E-state index in [1.54, 1.807) is 4.90 Å². The van der Waals surface area contributed by atoms with Crippen molar-refractivity contribution in [3.63, 3.8) is 0 Å². The number of piperazine rings is 1. The minimum atomic E-state index is -1.71. The van der Waals surface area contributed by atoms with Crippen LogP contribution < -0.4 is 10.1 Å². The van der Waals surface area contributed by atoms with Crippen LogP contribution in [0.4, 0.5) is 0 Å². The predicted molar refractivity (Wildman–Crippen MR) is 106 cm³/mol. The van der Waals surface area contributed by atoms with Crippen LogP contribution in [0.5, 0.6) is 5.75 Å². The van der Waals surface area contributed by atoms with Gasteiger partial charge in [0.15, 0.2) is 6.10 Å². The Labute approximate surface area is 166 Å². The van der Waals surface area contributed by atoms with Gasteiger partial charge in [-0.15, -0.1) is 0 Å². The molecule has 2 rings (SSSR count). The largest absolute Gasteiger partial charge is 0.494 e. The molecule has 1 saturated heterocycles. The van der Waals surface area contributed by atoms with Crippen molar-refractivity contribution in [2.24, 2.45) is 11.8 Å². The Balaban J connectivity index is 2.35. The van der Waals surface area contributed by atoms with E-state index in [4.69, 9.17) is 4.74 Å². The first-order valence-corrected chi connectivity index (χ1v) is 9.87. The molecule has 156 valence electrons. The summed E-state index contributed by atoms with van der Waals surface area (Å²) in [7, 11) is 0. The molecule has 1 aliphatic rings. The molecule has 1 fully saturated rings. The van der Waals surface area contributed by atoms with Gasteiger partial charge in [-0.2, -0.15) is 0 Å². The van der Waals surface area contributed by atoms with Crippen molar-refractivity contribution in [1.82, 2.24) is 10.2 Å². The molecule has 0 saturated carbocycles. The van der Waals surface area contributed by atoms with Gasteiger partial charge in [0.1, 0.15) is 5.75 Å². The van der Waals surface area contributed by atoms with Gasteiger partial charge in [-0.05, 0) is 43.9 Å². The highest BCUT2D eigenvalue weighted by Gasteiger charge is 2.44. The Morgan fingerprint density at radius 3 is 2.46 bits per heavy atom. The Hall–Kier alpha value is -2.12. The van der Waals surface area contributed by atoms with E-state index in [9.17, 15) is 19.8 Å². The molecule has 1 aliphatic heterocycles. The Kier molecular flexibility index (Phi) is 7.43. The lowest BCUT2D eigenvalue weighted by Crippen LogP contribution is -2.61. The summed E-state index contributed by atoms with van der Waals surface area (Å²) in [6, 6.07) is 7.62. The molecule has 7 heteroatoms. The number of aliphatic hydroxyl groups is 1. The van der Waals surface area contributed by atoms with Gasteiger partial charge in [0.25, 0.3) is 0 Å². The normalized spacial score (nSPS) is 22.0. The first-order valence-electron chi connectivity index (χ1n) is 9.87. The van der Waals surface area contributed by atoms with Crippen LogP contribution in [0.2, 0.25) is 0 Å². The maximum Gasteiger partial charge on any atom is 0.333 e. The highest BCUT2D eigenvalue weighted by molar-refractivity contribution is 5.86. The number of aliphatic carboxylic acids is 1. The number of carboxylic acid groups (broad SMARTS) is 1. The number of amides is 1. The Morgan fingerprint density at radius 1 is 1.29 bits per heavy atom. The second kappa shape index (κ2) is 9.39. The highest BCUT2D eigenvalue weighted by atomic mass is 16.5. The quantitative estimate of drug-likeness (QED) is 0.624. The molecule has 28 heavy (non-hydrogen) atoms. The fourth-order valence-corrected chi connectivity index (χ4v) is 3.80. The molecular formula is C21H32N2O5. The number of aliphatic hydroxyl groups excluding tert-OH is 1. The topological polar surface area (TPSA) is 99.1 Å². The van der Waals surface area contributed by atoms with Crippen molar-refractivity contribution in [3.8, 4) is 5.75 Å². The summed E-state index contributed by atoms with van der Waals surface area (Å²) >= 11 is 0. The van der Waals surface area contributed by atoms with Crippen molar-refractivity contribution in [3.05, 3.63) is 29.8 Å². The monoisotopic (exact) mass is 392 g/mol. The van der Waals surface area contributed by atoms with E-state index >= 15 is 0 Å². The molecule has 0 radical (unpaired) electrons. The van der Waals surface area contributed by atoms with E-state index in [1.165, 1.54) is 0 Å². The number of carboxylic acids is 1. The van der Waals surface area contributed by atoms with E-state index < -0.39 is 23.5 Å². The van der Waals surface area contributed by atoms with E-state index in [-0.39, 0.29) is 11.8 Å². The molecule has 7 nitrogen and oxygen atoms in total. The Morgan fingerprint density at radius 2 is 1.93 bits per heavy atom. The second-order valence-corrected chi connectivity index (χ2v) is 7.92. The summed E-state index contributed by atoms with van der Waals surface area (Å²) in [5.74, 6) is -1.81. The molecule has 0 spiro atoms. The van der Waals surface area contributed by atoms with Crippen molar-refractivity contribution >= 4 is 11.9 Å². The van der Waals surface area contributed by atoms with Gasteiger partial charge in [0.05, 0.1) is 18.1 Å².